The highest BCUT2D eigenvalue weighted by Gasteiger charge is 2.25. The average Bonchev–Trinajstić information content (AvgIpc) is 3.12. The fourth-order valence-corrected chi connectivity index (χ4v) is 3.75. The SMILES string of the molecule is Cc1oc(-c2ccsc2)nc1CN1CCN(CC(C)O)C(C)C1. The molecule has 1 saturated heterocycles. The molecule has 1 N–H and O–H groups in total. The van der Waals surface area contributed by atoms with E-state index in [1.807, 2.05) is 25.3 Å². The normalized spacial score (nSPS) is 21.7. The summed E-state index contributed by atoms with van der Waals surface area (Å²) in [5.74, 6) is 1.63. The van der Waals surface area contributed by atoms with Crippen LogP contribution >= 0.6 is 11.3 Å². The van der Waals surface area contributed by atoms with E-state index in [0.29, 0.717) is 6.04 Å². The highest BCUT2D eigenvalue weighted by Crippen LogP contribution is 2.25. The molecule has 3 heterocycles. The summed E-state index contributed by atoms with van der Waals surface area (Å²) in [7, 11) is 0. The fraction of sp³-hybridized carbons (Fsp3) is 0.588. The van der Waals surface area contributed by atoms with E-state index in [-0.39, 0.29) is 6.10 Å². The largest absolute Gasteiger partial charge is 0.441 e. The number of hydrogen-bond acceptors (Lipinski definition) is 6. The maximum atomic E-state index is 9.58. The number of piperazine rings is 1. The molecule has 0 bridgehead atoms. The summed E-state index contributed by atoms with van der Waals surface area (Å²) in [5.41, 5.74) is 2.09. The summed E-state index contributed by atoms with van der Waals surface area (Å²) < 4.78 is 5.83. The van der Waals surface area contributed by atoms with Gasteiger partial charge in [0, 0.05) is 49.7 Å². The van der Waals surface area contributed by atoms with Gasteiger partial charge in [-0.05, 0) is 32.2 Å². The van der Waals surface area contributed by atoms with Crippen LogP contribution in [0.4, 0.5) is 0 Å². The minimum absolute atomic E-state index is 0.269. The van der Waals surface area contributed by atoms with E-state index in [4.69, 9.17) is 4.42 Å². The van der Waals surface area contributed by atoms with Gasteiger partial charge in [-0.1, -0.05) is 0 Å². The average molecular weight is 335 g/mol. The second kappa shape index (κ2) is 7.13. The summed E-state index contributed by atoms with van der Waals surface area (Å²) in [6.45, 7) is 10.6. The van der Waals surface area contributed by atoms with Gasteiger partial charge in [-0.25, -0.2) is 4.98 Å². The molecule has 126 valence electrons. The van der Waals surface area contributed by atoms with Crippen LogP contribution in [0.3, 0.4) is 0 Å². The van der Waals surface area contributed by atoms with E-state index in [2.05, 4.69) is 27.1 Å². The van der Waals surface area contributed by atoms with Crippen molar-refractivity contribution >= 4 is 11.3 Å². The first-order valence-corrected chi connectivity index (χ1v) is 9.10. The van der Waals surface area contributed by atoms with Crippen molar-refractivity contribution in [3.05, 3.63) is 28.3 Å². The van der Waals surface area contributed by atoms with Gasteiger partial charge in [0.05, 0.1) is 11.8 Å². The van der Waals surface area contributed by atoms with E-state index in [1.165, 1.54) is 0 Å². The van der Waals surface area contributed by atoms with Crippen molar-refractivity contribution in [3.8, 4) is 11.5 Å². The Hall–Kier alpha value is -1.21. The lowest BCUT2D eigenvalue weighted by Gasteiger charge is -2.40. The number of nitrogens with zero attached hydrogens (tertiary/aromatic N) is 3. The quantitative estimate of drug-likeness (QED) is 0.910. The minimum Gasteiger partial charge on any atom is -0.441 e. The Bertz CT molecular complexity index is 624. The molecule has 5 nitrogen and oxygen atoms in total. The van der Waals surface area contributed by atoms with Gasteiger partial charge < -0.3 is 9.52 Å². The zero-order chi connectivity index (χ0) is 16.4. The number of oxazole rings is 1. The molecule has 2 aromatic heterocycles. The van der Waals surface area contributed by atoms with Gasteiger partial charge in [0.15, 0.2) is 0 Å². The van der Waals surface area contributed by atoms with Gasteiger partial charge in [-0.3, -0.25) is 9.80 Å². The Balaban J connectivity index is 1.62. The topological polar surface area (TPSA) is 52.7 Å². The molecule has 0 aromatic carbocycles. The van der Waals surface area contributed by atoms with Crippen LogP contribution in [-0.4, -0.2) is 58.2 Å². The first-order chi connectivity index (χ1) is 11.0. The second-order valence-electron chi connectivity index (χ2n) is 6.46. The number of aliphatic hydroxyl groups excluding tert-OH is 1. The summed E-state index contributed by atoms with van der Waals surface area (Å²) in [5, 5.41) is 13.7. The van der Waals surface area contributed by atoms with Crippen LogP contribution in [-0.2, 0) is 6.54 Å². The molecule has 1 fully saturated rings. The molecule has 3 rings (SSSR count). The van der Waals surface area contributed by atoms with Gasteiger partial charge in [-0.15, -0.1) is 0 Å². The fourth-order valence-electron chi connectivity index (χ4n) is 3.12. The van der Waals surface area contributed by atoms with Crippen LogP contribution in [0.5, 0.6) is 0 Å². The minimum atomic E-state index is -0.269. The number of rotatable bonds is 5. The third kappa shape index (κ3) is 4.01. The van der Waals surface area contributed by atoms with Crippen molar-refractivity contribution in [1.29, 1.82) is 0 Å². The molecule has 0 radical (unpaired) electrons. The van der Waals surface area contributed by atoms with Gasteiger partial charge in [0.2, 0.25) is 5.89 Å². The lowest BCUT2D eigenvalue weighted by molar-refractivity contribution is 0.0417. The van der Waals surface area contributed by atoms with Crippen molar-refractivity contribution in [3.63, 3.8) is 0 Å². The number of aryl methyl sites for hydroxylation is 1. The first kappa shape index (κ1) is 16.6. The van der Waals surface area contributed by atoms with Crippen molar-refractivity contribution in [2.24, 2.45) is 0 Å². The number of aliphatic hydroxyl groups is 1. The Morgan fingerprint density at radius 2 is 2.30 bits per heavy atom. The van der Waals surface area contributed by atoms with Gasteiger partial charge in [0.1, 0.15) is 5.76 Å². The maximum absolute atomic E-state index is 9.58. The number of thiophene rings is 1. The van der Waals surface area contributed by atoms with E-state index in [0.717, 1.165) is 55.6 Å². The van der Waals surface area contributed by atoms with Crippen LogP contribution in [0.25, 0.3) is 11.5 Å². The number of β-amino-alcohol motifs (C(OH)–C–C–N with tert-alkyl or cyclic N) is 1. The monoisotopic (exact) mass is 335 g/mol. The van der Waals surface area contributed by atoms with Crippen molar-refractivity contribution in [2.75, 3.05) is 26.2 Å². The molecular weight excluding hydrogens is 310 g/mol. The predicted octanol–water partition coefficient (Wildman–Crippen LogP) is 2.60. The number of hydrogen-bond donors (Lipinski definition) is 1. The lowest BCUT2D eigenvalue weighted by Crippen LogP contribution is -2.53. The molecule has 0 amide bonds. The standard InChI is InChI=1S/C17H25N3O2S/c1-12-8-19(5-6-20(12)9-13(2)21)10-16-14(3)22-17(18-16)15-4-7-23-11-15/h4,7,11-13,21H,5-6,8-10H2,1-3H3. The van der Waals surface area contributed by atoms with Gasteiger partial charge >= 0.3 is 0 Å². The van der Waals surface area contributed by atoms with Gasteiger partial charge in [-0.2, -0.15) is 11.3 Å². The Kier molecular flexibility index (Phi) is 5.16. The first-order valence-electron chi connectivity index (χ1n) is 8.16. The molecule has 2 atom stereocenters. The Labute approximate surface area is 141 Å². The van der Waals surface area contributed by atoms with Crippen LogP contribution in [0, 0.1) is 6.92 Å². The third-order valence-electron chi connectivity index (χ3n) is 4.38. The molecule has 2 unspecified atom stereocenters. The van der Waals surface area contributed by atoms with Crippen molar-refractivity contribution in [2.45, 2.75) is 39.5 Å². The summed E-state index contributed by atoms with van der Waals surface area (Å²) >= 11 is 1.65. The van der Waals surface area contributed by atoms with Crippen molar-refractivity contribution in [1.82, 2.24) is 14.8 Å². The molecule has 0 spiro atoms. The molecule has 0 saturated carbocycles. The zero-order valence-corrected chi connectivity index (χ0v) is 14.8. The van der Waals surface area contributed by atoms with Crippen LogP contribution in [0.1, 0.15) is 25.3 Å². The number of aromatic nitrogens is 1. The van der Waals surface area contributed by atoms with E-state index in [9.17, 15) is 5.11 Å². The summed E-state index contributed by atoms with van der Waals surface area (Å²) in [6, 6.07) is 2.48. The Morgan fingerprint density at radius 3 is 2.96 bits per heavy atom. The molecule has 6 heteroatoms. The predicted molar refractivity (Wildman–Crippen MR) is 92.5 cm³/mol. The molecule has 1 aliphatic heterocycles. The van der Waals surface area contributed by atoms with Crippen molar-refractivity contribution < 1.29 is 9.52 Å². The van der Waals surface area contributed by atoms with Crippen LogP contribution in [0.15, 0.2) is 21.2 Å². The molecular formula is C17H25N3O2S. The van der Waals surface area contributed by atoms with Gasteiger partial charge in [0.25, 0.3) is 0 Å². The van der Waals surface area contributed by atoms with Crippen LogP contribution < -0.4 is 0 Å². The highest BCUT2D eigenvalue weighted by molar-refractivity contribution is 7.08. The Morgan fingerprint density at radius 1 is 1.48 bits per heavy atom. The summed E-state index contributed by atoms with van der Waals surface area (Å²) in [6.07, 6.45) is -0.269. The molecule has 2 aromatic rings. The van der Waals surface area contributed by atoms with E-state index >= 15 is 0 Å². The molecule has 1 aliphatic rings. The zero-order valence-electron chi connectivity index (χ0n) is 14.0. The van der Waals surface area contributed by atoms with E-state index < -0.39 is 0 Å². The smallest absolute Gasteiger partial charge is 0.227 e. The third-order valence-corrected chi connectivity index (χ3v) is 5.07. The van der Waals surface area contributed by atoms with E-state index in [1.54, 1.807) is 11.3 Å². The lowest BCUT2D eigenvalue weighted by atomic mass is 10.1. The maximum Gasteiger partial charge on any atom is 0.227 e. The molecule has 23 heavy (non-hydrogen) atoms. The molecule has 0 aliphatic carbocycles. The second-order valence-corrected chi connectivity index (χ2v) is 7.24. The summed E-state index contributed by atoms with van der Waals surface area (Å²) in [4.78, 5) is 9.46. The van der Waals surface area contributed by atoms with Crippen LogP contribution in [0.2, 0.25) is 0 Å². The highest BCUT2D eigenvalue weighted by atomic mass is 32.1.